The summed E-state index contributed by atoms with van der Waals surface area (Å²) in [4.78, 5) is 4.11. The zero-order chi connectivity index (χ0) is 14.9. The van der Waals surface area contributed by atoms with Crippen LogP contribution in [0.3, 0.4) is 0 Å². The van der Waals surface area contributed by atoms with E-state index in [-0.39, 0.29) is 4.47 Å². The third kappa shape index (κ3) is 2.87. The van der Waals surface area contributed by atoms with Gasteiger partial charge in [-0.15, -0.1) is 0 Å². The van der Waals surface area contributed by atoms with Crippen LogP contribution in [0.4, 0.5) is 13.2 Å². The second kappa shape index (κ2) is 5.55. The summed E-state index contributed by atoms with van der Waals surface area (Å²) in [6, 6.07) is 3.36. The summed E-state index contributed by atoms with van der Waals surface area (Å²) in [6.45, 7) is 0. The highest BCUT2D eigenvalue weighted by Gasteiger charge is 2.34. The molecule has 2 aromatic rings. The molecule has 0 fully saturated rings. The minimum absolute atomic E-state index is 0.00985. The van der Waals surface area contributed by atoms with E-state index in [4.69, 9.17) is 5.84 Å². The van der Waals surface area contributed by atoms with Gasteiger partial charge in [-0.1, -0.05) is 22.0 Å². The van der Waals surface area contributed by atoms with Gasteiger partial charge in [-0.25, -0.2) is 10.4 Å². The van der Waals surface area contributed by atoms with Gasteiger partial charge in [0.15, 0.2) is 0 Å². The van der Waals surface area contributed by atoms with Gasteiger partial charge in [-0.05, 0) is 17.7 Å². The van der Waals surface area contributed by atoms with E-state index in [1.165, 1.54) is 6.07 Å². The number of aromatic nitrogens is 2. The smallest absolute Gasteiger partial charge is 0.336 e. The molecule has 4 nitrogen and oxygen atoms in total. The minimum Gasteiger partial charge on any atom is -0.336 e. The molecule has 0 radical (unpaired) electrons. The molecule has 0 spiro atoms. The lowest BCUT2D eigenvalue weighted by Crippen LogP contribution is -2.31. The molecule has 0 amide bonds. The molecule has 0 aliphatic heterocycles. The molecule has 108 valence electrons. The molecule has 0 aliphatic carbocycles. The van der Waals surface area contributed by atoms with Gasteiger partial charge in [0.2, 0.25) is 0 Å². The Balaban J connectivity index is 2.49. The first-order chi connectivity index (χ1) is 9.34. The van der Waals surface area contributed by atoms with E-state index in [1.54, 1.807) is 30.1 Å². The van der Waals surface area contributed by atoms with Gasteiger partial charge < -0.3 is 4.57 Å². The lowest BCUT2D eigenvalue weighted by molar-refractivity contribution is -0.138. The molecule has 0 bridgehead atoms. The largest absolute Gasteiger partial charge is 0.417 e. The predicted octanol–water partition coefficient (Wildman–Crippen LogP) is 2.75. The third-order valence-electron chi connectivity index (χ3n) is 2.91. The van der Waals surface area contributed by atoms with E-state index in [0.717, 1.165) is 6.07 Å². The average Bonchev–Trinajstić information content (AvgIpc) is 2.77. The van der Waals surface area contributed by atoms with Gasteiger partial charge in [0.1, 0.15) is 11.9 Å². The van der Waals surface area contributed by atoms with Crippen molar-refractivity contribution < 1.29 is 13.2 Å². The van der Waals surface area contributed by atoms with Crippen molar-refractivity contribution in [1.82, 2.24) is 15.0 Å². The SMILES string of the molecule is Cn1ccnc1C(NN)c1ccc(Br)c(C(F)(F)F)c1. The molecule has 1 atom stereocenters. The molecule has 1 aromatic carbocycles. The van der Waals surface area contributed by atoms with E-state index >= 15 is 0 Å². The van der Waals surface area contributed by atoms with E-state index in [1.807, 2.05) is 0 Å². The van der Waals surface area contributed by atoms with Gasteiger partial charge >= 0.3 is 6.18 Å². The minimum atomic E-state index is -4.43. The summed E-state index contributed by atoms with van der Waals surface area (Å²) in [5.74, 6) is 6.00. The van der Waals surface area contributed by atoms with E-state index in [9.17, 15) is 13.2 Å². The van der Waals surface area contributed by atoms with Crippen molar-refractivity contribution in [2.24, 2.45) is 12.9 Å². The Kier molecular flexibility index (Phi) is 4.17. The van der Waals surface area contributed by atoms with Crippen LogP contribution in [0, 0.1) is 0 Å². The molecule has 1 unspecified atom stereocenters. The van der Waals surface area contributed by atoms with Gasteiger partial charge in [-0.2, -0.15) is 13.2 Å². The molecule has 0 saturated heterocycles. The Bertz CT molecular complexity index is 609. The Hall–Kier alpha value is -1.38. The number of alkyl halides is 3. The third-order valence-corrected chi connectivity index (χ3v) is 3.60. The number of halogens is 4. The predicted molar refractivity (Wildman–Crippen MR) is 71.5 cm³/mol. The highest BCUT2D eigenvalue weighted by Crippen LogP contribution is 2.36. The molecule has 1 aromatic heterocycles. The lowest BCUT2D eigenvalue weighted by Gasteiger charge is -2.18. The fourth-order valence-corrected chi connectivity index (χ4v) is 2.39. The number of hydrogen-bond acceptors (Lipinski definition) is 3. The topological polar surface area (TPSA) is 55.9 Å². The molecule has 3 N–H and O–H groups in total. The summed E-state index contributed by atoms with van der Waals surface area (Å²) < 4.78 is 40.4. The number of aryl methyl sites for hydroxylation is 1. The molecular weight excluding hydrogens is 337 g/mol. The summed E-state index contributed by atoms with van der Waals surface area (Å²) in [5.41, 5.74) is 2.13. The van der Waals surface area contributed by atoms with Crippen molar-refractivity contribution in [1.29, 1.82) is 0 Å². The number of rotatable bonds is 3. The van der Waals surface area contributed by atoms with Gasteiger partial charge in [0.05, 0.1) is 5.56 Å². The molecule has 0 aliphatic rings. The lowest BCUT2D eigenvalue weighted by atomic mass is 10.0. The Morgan fingerprint density at radius 1 is 1.40 bits per heavy atom. The van der Waals surface area contributed by atoms with Crippen LogP contribution in [0.25, 0.3) is 0 Å². The standard InChI is InChI=1S/C12H12BrF3N4/c1-20-5-4-18-11(20)10(19-17)7-2-3-9(13)8(6-7)12(14,15)16/h2-6,10,19H,17H2,1H3. The highest BCUT2D eigenvalue weighted by molar-refractivity contribution is 9.10. The van der Waals surface area contributed by atoms with Crippen LogP contribution < -0.4 is 11.3 Å². The molecule has 2 rings (SSSR count). The van der Waals surface area contributed by atoms with Crippen molar-refractivity contribution in [3.8, 4) is 0 Å². The quantitative estimate of drug-likeness (QED) is 0.662. The van der Waals surface area contributed by atoms with E-state index in [0.29, 0.717) is 11.4 Å². The van der Waals surface area contributed by atoms with Crippen LogP contribution in [0.5, 0.6) is 0 Å². The van der Waals surface area contributed by atoms with Crippen molar-refractivity contribution in [2.75, 3.05) is 0 Å². The van der Waals surface area contributed by atoms with Crippen LogP contribution >= 0.6 is 15.9 Å². The summed E-state index contributed by atoms with van der Waals surface area (Å²) in [5, 5.41) is 0. The molecule has 0 saturated carbocycles. The fourth-order valence-electron chi connectivity index (χ4n) is 1.91. The summed E-state index contributed by atoms with van der Waals surface area (Å²) in [6.07, 6.45) is -1.18. The van der Waals surface area contributed by atoms with Crippen LogP contribution in [-0.2, 0) is 13.2 Å². The average molecular weight is 349 g/mol. The van der Waals surface area contributed by atoms with Crippen LogP contribution in [-0.4, -0.2) is 9.55 Å². The maximum atomic E-state index is 12.9. The van der Waals surface area contributed by atoms with Crippen molar-refractivity contribution >= 4 is 15.9 Å². The van der Waals surface area contributed by atoms with E-state index in [2.05, 4.69) is 26.3 Å². The number of benzene rings is 1. The first kappa shape index (κ1) is 15.0. The highest BCUT2D eigenvalue weighted by atomic mass is 79.9. The Morgan fingerprint density at radius 2 is 2.10 bits per heavy atom. The molecular formula is C12H12BrF3N4. The first-order valence-electron chi connectivity index (χ1n) is 5.64. The van der Waals surface area contributed by atoms with E-state index < -0.39 is 17.8 Å². The fraction of sp³-hybridized carbons (Fsp3) is 0.250. The number of hydrazine groups is 1. The van der Waals surface area contributed by atoms with Crippen LogP contribution in [0.2, 0.25) is 0 Å². The number of imidazole rings is 1. The van der Waals surface area contributed by atoms with Gasteiger partial charge in [0.25, 0.3) is 0 Å². The van der Waals surface area contributed by atoms with Gasteiger partial charge in [0, 0.05) is 23.9 Å². The van der Waals surface area contributed by atoms with Gasteiger partial charge in [-0.3, -0.25) is 5.84 Å². The monoisotopic (exact) mass is 348 g/mol. The Morgan fingerprint density at radius 3 is 2.60 bits per heavy atom. The molecule has 20 heavy (non-hydrogen) atoms. The maximum Gasteiger partial charge on any atom is 0.417 e. The summed E-state index contributed by atoms with van der Waals surface area (Å²) in [7, 11) is 1.75. The van der Waals surface area contributed by atoms with Crippen LogP contribution in [0.1, 0.15) is 23.0 Å². The molecule has 1 heterocycles. The van der Waals surface area contributed by atoms with Crippen molar-refractivity contribution in [3.05, 3.63) is 52.0 Å². The van der Waals surface area contributed by atoms with Crippen molar-refractivity contribution in [3.63, 3.8) is 0 Å². The second-order valence-electron chi connectivity index (χ2n) is 4.23. The summed E-state index contributed by atoms with van der Waals surface area (Å²) >= 11 is 2.91. The van der Waals surface area contributed by atoms with Crippen molar-refractivity contribution in [2.45, 2.75) is 12.2 Å². The number of nitrogens with one attached hydrogen (secondary N) is 1. The normalized spacial score (nSPS) is 13.5. The number of nitrogens with zero attached hydrogens (tertiary/aromatic N) is 2. The van der Waals surface area contributed by atoms with Crippen LogP contribution in [0.15, 0.2) is 35.1 Å². The maximum absolute atomic E-state index is 12.9. The second-order valence-corrected chi connectivity index (χ2v) is 5.09. The first-order valence-corrected chi connectivity index (χ1v) is 6.44. The number of nitrogens with two attached hydrogens (primary N) is 1. The Labute approximate surface area is 121 Å². The zero-order valence-electron chi connectivity index (χ0n) is 10.4. The number of hydrogen-bond donors (Lipinski definition) is 2. The molecule has 8 heteroatoms. The zero-order valence-corrected chi connectivity index (χ0v) is 12.0.